The fraction of sp³-hybridized carbons (Fsp3) is 0.185. The predicted molar refractivity (Wildman–Crippen MR) is 132 cm³/mol. The number of ether oxygens (including phenoxy) is 2. The fourth-order valence-corrected chi connectivity index (χ4v) is 3.97. The molecule has 0 spiro atoms. The molecule has 1 amide bonds. The van der Waals surface area contributed by atoms with Gasteiger partial charge in [0.1, 0.15) is 23.7 Å². The molecule has 0 radical (unpaired) electrons. The normalized spacial score (nSPS) is 12.2. The maximum atomic E-state index is 13.3. The van der Waals surface area contributed by atoms with Crippen molar-refractivity contribution in [1.29, 1.82) is 0 Å². The Morgan fingerprint density at radius 3 is 2.75 bits per heavy atom. The van der Waals surface area contributed by atoms with Crippen molar-refractivity contribution in [2.75, 3.05) is 18.6 Å². The quantitative estimate of drug-likeness (QED) is 0.400. The Kier molecular flexibility index (Phi) is 6.70. The number of nitrogens with zero attached hydrogens (tertiary/aromatic N) is 4. The summed E-state index contributed by atoms with van der Waals surface area (Å²) in [5.41, 5.74) is 3.78. The Morgan fingerprint density at radius 2 is 1.97 bits per heavy atom. The number of hydrogen-bond acceptors (Lipinski definition) is 7. The smallest absolute Gasteiger partial charge is 0.258 e. The number of halogens is 1. The molecule has 0 saturated carbocycles. The second kappa shape index (κ2) is 10.4. The van der Waals surface area contributed by atoms with Gasteiger partial charge in [-0.25, -0.2) is 9.37 Å². The summed E-state index contributed by atoms with van der Waals surface area (Å²) in [7, 11) is 1.64. The topological polar surface area (TPSA) is 89.5 Å². The number of fused-ring (bicyclic) bond motifs is 1. The average Bonchev–Trinajstić information content (AvgIpc) is 3.35. The van der Waals surface area contributed by atoms with E-state index in [0.29, 0.717) is 12.5 Å². The molecular weight excluding hydrogens is 461 g/mol. The van der Waals surface area contributed by atoms with E-state index < -0.39 is 0 Å². The molecule has 0 atom stereocenters. The van der Waals surface area contributed by atoms with Gasteiger partial charge in [0.05, 0.1) is 19.3 Å². The van der Waals surface area contributed by atoms with E-state index in [4.69, 9.17) is 9.47 Å². The van der Waals surface area contributed by atoms with Crippen LogP contribution >= 0.6 is 0 Å². The van der Waals surface area contributed by atoms with Crippen LogP contribution in [0.5, 0.6) is 11.6 Å². The predicted octanol–water partition coefficient (Wildman–Crippen LogP) is 4.22. The first kappa shape index (κ1) is 23.2. The van der Waals surface area contributed by atoms with Crippen LogP contribution in [0.25, 0.3) is 0 Å². The van der Waals surface area contributed by atoms with Gasteiger partial charge in [-0.3, -0.25) is 9.78 Å². The first-order valence-corrected chi connectivity index (χ1v) is 11.5. The molecule has 9 heteroatoms. The van der Waals surface area contributed by atoms with Gasteiger partial charge in [-0.1, -0.05) is 18.2 Å². The molecule has 1 aliphatic rings. The molecule has 36 heavy (non-hydrogen) atoms. The summed E-state index contributed by atoms with van der Waals surface area (Å²) in [5, 5.41) is 2.84. The van der Waals surface area contributed by atoms with Crippen molar-refractivity contribution in [2.45, 2.75) is 19.6 Å². The van der Waals surface area contributed by atoms with Crippen LogP contribution in [0.1, 0.15) is 27.2 Å². The molecule has 1 N–H and O–H groups in total. The molecule has 3 heterocycles. The van der Waals surface area contributed by atoms with E-state index in [1.54, 1.807) is 25.4 Å². The number of rotatable bonds is 8. The van der Waals surface area contributed by atoms with Gasteiger partial charge < -0.3 is 19.7 Å². The lowest BCUT2D eigenvalue weighted by Crippen LogP contribution is -2.25. The van der Waals surface area contributed by atoms with Gasteiger partial charge in [0, 0.05) is 24.6 Å². The Morgan fingerprint density at radius 1 is 1.11 bits per heavy atom. The lowest BCUT2D eigenvalue weighted by molar-refractivity contribution is 0.0944. The molecule has 2 aromatic carbocycles. The number of pyridine rings is 1. The Bertz CT molecular complexity index is 1370. The zero-order valence-electron chi connectivity index (χ0n) is 19.6. The van der Waals surface area contributed by atoms with Gasteiger partial charge in [-0.15, -0.1) is 0 Å². The van der Waals surface area contributed by atoms with Gasteiger partial charge in [0.2, 0.25) is 11.8 Å². The standard InChI is InChI=1S/C27H24FN5O3/c1-35-22-9-10-24-19(14-22)11-13-33(24)27-31-16-23(25(34)30-15-21-4-2-3-12-29-21)26(32-27)36-17-18-5-7-20(28)8-6-18/h2-10,12,14,16H,11,13,15,17H2,1H3,(H,30,34). The SMILES string of the molecule is COc1ccc2c(c1)CCN2c1ncc(C(=O)NCc2ccccn2)c(OCc2ccc(F)cc2)n1. The molecule has 0 bridgehead atoms. The van der Waals surface area contributed by atoms with E-state index in [1.807, 2.05) is 41.3 Å². The number of amides is 1. The number of hydrogen-bond donors (Lipinski definition) is 1. The summed E-state index contributed by atoms with van der Waals surface area (Å²) in [6, 6.07) is 17.3. The lowest BCUT2D eigenvalue weighted by Gasteiger charge is -2.19. The van der Waals surface area contributed by atoms with E-state index in [0.717, 1.165) is 34.7 Å². The third kappa shape index (κ3) is 5.10. The largest absolute Gasteiger partial charge is 0.497 e. The van der Waals surface area contributed by atoms with E-state index in [9.17, 15) is 9.18 Å². The third-order valence-corrected chi connectivity index (χ3v) is 5.85. The van der Waals surface area contributed by atoms with Gasteiger partial charge >= 0.3 is 0 Å². The van der Waals surface area contributed by atoms with Gasteiger partial charge in [-0.05, 0) is 60.0 Å². The highest BCUT2D eigenvalue weighted by atomic mass is 19.1. The van der Waals surface area contributed by atoms with Crippen molar-refractivity contribution in [3.05, 3.63) is 101 Å². The Hall–Kier alpha value is -4.53. The van der Waals surface area contributed by atoms with Crippen LogP contribution in [0.15, 0.2) is 73.1 Å². The summed E-state index contributed by atoms with van der Waals surface area (Å²) in [6.07, 6.45) is 3.95. The Labute approximate surface area is 207 Å². The number of benzene rings is 2. The number of carbonyl (C=O) groups is 1. The Balaban J connectivity index is 1.41. The van der Waals surface area contributed by atoms with Crippen molar-refractivity contribution in [3.63, 3.8) is 0 Å². The minimum atomic E-state index is -0.382. The summed E-state index contributed by atoms with van der Waals surface area (Å²) < 4.78 is 24.6. The number of aromatic nitrogens is 3. The van der Waals surface area contributed by atoms with Crippen molar-refractivity contribution in [1.82, 2.24) is 20.3 Å². The van der Waals surface area contributed by atoms with Crippen molar-refractivity contribution in [2.24, 2.45) is 0 Å². The molecule has 4 aromatic rings. The molecule has 0 aliphatic carbocycles. The minimum absolute atomic E-state index is 0.116. The second-order valence-electron chi connectivity index (χ2n) is 8.20. The van der Waals surface area contributed by atoms with Gasteiger partial charge in [-0.2, -0.15) is 4.98 Å². The average molecular weight is 486 g/mol. The minimum Gasteiger partial charge on any atom is -0.497 e. The number of methoxy groups -OCH3 is 1. The van der Waals surface area contributed by atoms with E-state index in [-0.39, 0.29) is 36.3 Å². The molecule has 0 saturated heterocycles. The first-order chi connectivity index (χ1) is 17.6. The maximum Gasteiger partial charge on any atom is 0.258 e. The van der Waals surface area contributed by atoms with Crippen LogP contribution in [-0.4, -0.2) is 34.5 Å². The molecular formula is C27H24FN5O3. The van der Waals surface area contributed by atoms with E-state index in [2.05, 4.69) is 20.3 Å². The molecule has 2 aromatic heterocycles. The van der Waals surface area contributed by atoms with Crippen LogP contribution in [0.3, 0.4) is 0 Å². The summed E-state index contributed by atoms with van der Waals surface area (Å²) in [4.78, 5) is 28.3. The highest BCUT2D eigenvalue weighted by Crippen LogP contribution is 2.35. The molecule has 182 valence electrons. The number of carbonyl (C=O) groups excluding carboxylic acids is 1. The highest BCUT2D eigenvalue weighted by molar-refractivity contribution is 5.96. The van der Waals surface area contributed by atoms with Crippen LogP contribution in [0.4, 0.5) is 16.0 Å². The summed E-state index contributed by atoms with van der Waals surface area (Å²) in [5.74, 6) is 0.647. The molecule has 5 rings (SSSR count). The van der Waals surface area contributed by atoms with Crippen molar-refractivity contribution < 1.29 is 18.7 Å². The van der Waals surface area contributed by atoms with Crippen LogP contribution in [-0.2, 0) is 19.6 Å². The van der Waals surface area contributed by atoms with Crippen LogP contribution in [0, 0.1) is 5.82 Å². The zero-order valence-corrected chi connectivity index (χ0v) is 19.6. The molecule has 1 aliphatic heterocycles. The van der Waals surface area contributed by atoms with Crippen LogP contribution < -0.4 is 19.7 Å². The zero-order chi connectivity index (χ0) is 24.9. The van der Waals surface area contributed by atoms with Gasteiger partial charge in [0.15, 0.2) is 0 Å². The third-order valence-electron chi connectivity index (χ3n) is 5.85. The first-order valence-electron chi connectivity index (χ1n) is 11.5. The summed E-state index contributed by atoms with van der Waals surface area (Å²) in [6.45, 7) is 1.05. The highest BCUT2D eigenvalue weighted by Gasteiger charge is 2.25. The fourth-order valence-electron chi connectivity index (χ4n) is 3.97. The molecule has 0 fully saturated rings. The molecule has 8 nitrogen and oxygen atoms in total. The van der Waals surface area contributed by atoms with E-state index >= 15 is 0 Å². The maximum absolute atomic E-state index is 13.3. The monoisotopic (exact) mass is 485 g/mol. The van der Waals surface area contributed by atoms with E-state index in [1.165, 1.54) is 18.3 Å². The second-order valence-corrected chi connectivity index (χ2v) is 8.20. The summed E-state index contributed by atoms with van der Waals surface area (Å²) >= 11 is 0. The number of anilines is 2. The van der Waals surface area contributed by atoms with Crippen LogP contribution in [0.2, 0.25) is 0 Å². The lowest BCUT2D eigenvalue weighted by atomic mass is 10.1. The molecule has 0 unspecified atom stereocenters. The number of nitrogens with one attached hydrogen (secondary N) is 1. The van der Waals surface area contributed by atoms with Gasteiger partial charge in [0.25, 0.3) is 5.91 Å². The van der Waals surface area contributed by atoms with Crippen molar-refractivity contribution in [3.8, 4) is 11.6 Å². The van der Waals surface area contributed by atoms with Crippen molar-refractivity contribution >= 4 is 17.5 Å².